The number of para-hydroxylation sites is 2. The topological polar surface area (TPSA) is 55.1 Å². The summed E-state index contributed by atoms with van der Waals surface area (Å²) in [6.07, 6.45) is 0. The number of nitrogens with zero attached hydrogens (tertiary/aromatic N) is 2. The molecular weight excluding hydrogens is 228 g/mol. The smallest absolute Gasteiger partial charge is 0.308 e. The van der Waals surface area contributed by atoms with Crippen LogP contribution in [0.3, 0.4) is 0 Å². The van der Waals surface area contributed by atoms with Gasteiger partial charge in [0.05, 0.1) is 17.0 Å². The van der Waals surface area contributed by atoms with E-state index in [-0.39, 0.29) is 5.92 Å². The van der Waals surface area contributed by atoms with Gasteiger partial charge in [-0.2, -0.15) is 0 Å². The van der Waals surface area contributed by atoms with Gasteiger partial charge in [0, 0.05) is 12.5 Å². The molecular formula is C14H18N2O2. The highest BCUT2D eigenvalue weighted by atomic mass is 16.4. The molecule has 96 valence electrons. The number of rotatable bonds is 4. The van der Waals surface area contributed by atoms with Crippen LogP contribution in [0, 0.1) is 5.92 Å². The van der Waals surface area contributed by atoms with Crippen LogP contribution in [0.1, 0.15) is 32.5 Å². The van der Waals surface area contributed by atoms with Crippen LogP contribution in [0.5, 0.6) is 0 Å². The Balaban J connectivity index is 2.51. The number of benzene rings is 1. The van der Waals surface area contributed by atoms with Crippen LogP contribution in [0.25, 0.3) is 11.0 Å². The second kappa shape index (κ2) is 4.80. The van der Waals surface area contributed by atoms with E-state index in [9.17, 15) is 4.79 Å². The number of hydrogen-bond acceptors (Lipinski definition) is 2. The first-order valence-electron chi connectivity index (χ1n) is 6.18. The Morgan fingerprint density at radius 1 is 1.33 bits per heavy atom. The third-order valence-corrected chi connectivity index (χ3v) is 3.08. The second-order valence-electron chi connectivity index (χ2n) is 4.96. The summed E-state index contributed by atoms with van der Waals surface area (Å²) in [6.45, 7) is 6.33. The number of carboxylic acids is 1. The number of aromatic nitrogens is 2. The van der Waals surface area contributed by atoms with Crippen molar-refractivity contribution >= 4 is 17.0 Å². The molecule has 4 heteroatoms. The van der Waals surface area contributed by atoms with Gasteiger partial charge in [-0.1, -0.05) is 32.9 Å². The van der Waals surface area contributed by atoms with Gasteiger partial charge in [-0.3, -0.25) is 4.79 Å². The summed E-state index contributed by atoms with van der Waals surface area (Å²) in [5.74, 6) is 0.0327. The summed E-state index contributed by atoms with van der Waals surface area (Å²) in [7, 11) is 0. The lowest BCUT2D eigenvalue weighted by Gasteiger charge is -2.13. The van der Waals surface area contributed by atoms with Crippen LogP contribution in [-0.2, 0) is 11.3 Å². The standard InChI is InChI=1S/C14H18N2O2/c1-9(2)13-15-11-6-4-5-7-12(11)16(13)8-10(3)14(17)18/h4-7,9-10H,8H2,1-3H3,(H,17,18)/t10-/m0/s1. The van der Waals surface area contributed by atoms with Crippen LogP contribution in [-0.4, -0.2) is 20.6 Å². The van der Waals surface area contributed by atoms with Crippen molar-refractivity contribution in [1.29, 1.82) is 0 Å². The van der Waals surface area contributed by atoms with E-state index in [2.05, 4.69) is 18.8 Å². The van der Waals surface area contributed by atoms with Crippen molar-refractivity contribution in [1.82, 2.24) is 9.55 Å². The first-order valence-corrected chi connectivity index (χ1v) is 6.18. The zero-order valence-corrected chi connectivity index (χ0v) is 10.9. The van der Waals surface area contributed by atoms with Crippen molar-refractivity contribution in [2.75, 3.05) is 0 Å². The molecule has 1 N–H and O–H groups in total. The van der Waals surface area contributed by atoms with Gasteiger partial charge in [0.1, 0.15) is 5.82 Å². The molecule has 0 aliphatic heterocycles. The summed E-state index contributed by atoms with van der Waals surface area (Å²) in [4.78, 5) is 15.6. The lowest BCUT2D eigenvalue weighted by atomic mass is 10.1. The Kier molecular flexibility index (Phi) is 3.36. The Hall–Kier alpha value is -1.84. The highest BCUT2D eigenvalue weighted by molar-refractivity contribution is 5.76. The Bertz CT molecular complexity index is 572. The van der Waals surface area contributed by atoms with Gasteiger partial charge >= 0.3 is 5.97 Å². The molecule has 1 heterocycles. The fourth-order valence-corrected chi connectivity index (χ4v) is 2.08. The number of aliphatic carboxylic acids is 1. The number of imidazole rings is 1. The molecule has 0 amide bonds. The van der Waals surface area contributed by atoms with Crippen molar-refractivity contribution in [3.05, 3.63) is 30.1 Å². The predicted molar refractivity (Wildman–Crippen MR) is 70.6 cm³/mol. The summed E-state index contributed by atoms with van der Waals surface area (Å²) in [5, 5.41) is 9.05. The number of fused-ring (bicyclic) bond motifs is 1. The van der Waals surface area contributed by atoms with Gasteiger partial charge in [-0.15, -0.1) is 0 Å². The zero-order chi connectivity index (χ0) is 13.3. The van der Waals surface area contributed by atoms with Crippen LogP contribution >= 0.6 is 0 Å². The third kappa shape index (κ3) is 2.23. The maximum absolute atomic E-state index is 11.0. The monoisotopic (exact) mass is 246 g/mol. The molecule has 0 spiro atoms. The molecule has 0 unspecified atom stereocenters. The van der Waals surface area contributed by atoms with Gasteiger partial charge in [-0.05, 0) is 12.1 Å². The van der Waals surface area contributed by atoms with Crippen molar-refractivity contribution in [2.24, 2.45) is 5.92 Å². The van der Waals surface area contributed by atoms with Gasteiger partial charge in [0.2, 0.25) is 0 Å². The van der Waals surface area contributed by atoms with E-state index in [0.29, 0.717) is 6.54 Å². The molecule has 4 nitrogen and oxygen atoms in total. The maximum atomic E-state index is 11.0. The molecule has 0 aliphatic carbocycles. The average molecular weight is 246 g/mol. The lowest BCUT2D eigenvalue weighted by Crippen LogP contribution is -2.18. The molecule has 0 bridgehead atoms. The lowest BCUT2D eigenvalue weighted by molar-refractivity contribution is -0.141. The van der Waals surface area contributed by atoms with E-state index in [0.717, 1.165) is 16.9 Å². The SMILES string of the molecule is CC(C)c1nc2ccccc2n1C[C@H](C)C(=O)O. The fraction of sp³-hybridized carbons (Fsp3) is 0.429. The Morgan fingerprint density at radius 3 is 2.61 bits per heavy atom. The van der Waals surface area contributed by atoms with Crippen molar-refractivity contribution in [3.8, 4) is 0 Å². The van der Waals surface area contributed by atoms with Crippen LogP contribution in [0.4, 0.5) is 0 Å². The minimum atomic E-state index is -0.775. The summed E-state index contributed by atoms with van der Waals surface area (Å²) in [5.41, 5.74) is 1.94. The molecule has 0 saturated carbocycles. The van der Waals surface area contributed by atoms with E-state index < -0.39 is 11.9 Å². The first kappa shape index (κ1) is 12.6. The van der Waals surface area contributed by atoms with Crippen molar-refractivity contribution in [2.45, 2.75) is 33.2 Å². The molecule has 1 atom stereocenters. The van der Waals surface area contributed by atoms with E-state index >= 15 is 0 Å². The average Bonchev–Trinajstić information content (AvgIpc) is 2.68. The Morgan fingerprint density at radius 2 is 2.00 bits per heavy atom. The number of carboxylic acid groups (broad SMARTS) is 1. The van der Waals surface area contributed by atoms with E-state index in [4.69, 9.17) is 5.11 Å². The predicted octanol–water partition coefficient (Wildman–Crippen LogP) is 2.88. The molecule has 2 aromatic rings. The summed E-state index contributed by atoms with van der Waals surface area (Å²) in [6, 6.07) is 7.85. The Labute approximate surface area is 106 Å². The summed E-state index contributed by atoms with van der Waals surface area (Å²) >= 11 is 0. The first-order chi connectivity index (χ1) is 8.50. The normalized spacial score (nSPS) is 13.1. The number of carbonyl (C=O) groups is 1. The largest absolute Gasteiger partial charge is 0.481 e. The van der Waals surface area contributed by atoms with E-state index in [1.807, 2.05) is 28.8 Å². The molecule has 1 aromatic heterocycles. The fourth-order valence-electron chi connectivity index (χ4n) is 2.08. The molecule has 1 aromatic carbocycles. The van der Waals surface area contributed by atoms with Gasteiger partial charge in [0.25, 0.3) is 0 Å². The minimum Gasteiger partial charge on any atom is -0.481 e. The minimum absolute atomic E-state index is 0.276. The molecule has 0 radical (unpaired) electrons. The van der Waals surface area contributed by atoms with Gasteiger partial charge in [-0.25, -0.2) is 4.98 Å². The zero-order valence-electron chi connectivity index (χ0n) is 10.9. The number of hydrogen-bond donors (Lipinski definition) is 1. The molecule has 0 fully saturated rings. The maximum Gasteiger partial charge on any atom is 0.308 e. The van der Waals surface area contributed by atoms with Crippen molar-refractivity contribution in [3.63, 3.8) is 0 Å². The quantitative estimate of drug-likeness (QED) is 0.902. The molecule has 18 heavy (non-hydrogen) atoms. The highest BCUT2D eigenvalue weighted by Crippen LogP contribution is 2.22. The molecule has 2 rings (SSSR count). The van der Waals surface area contributed by atoms with Gasteiger partial charge < -0.3 is 9.67 Å². The highest BCUT2D eigenvalue weighted by Gasteiger charge is 2.18. The van der Waals surface area contributed by atoms with Crippen LogP contribution in [0.2, 0.25) is 0 Å². The van der Waals surface area contributed by atoms with Crippen LogP contribution in [0.15, 0.2) is 24.3 Å². The molecule has 0 aliphatic rings. The van der Waals surface area contributed by atoms with E-state index in [1.54, 1.807) is 6.92 Å². The molecule has 0 saturated heterocycles. The van der Waals surface area contributed by atoms with Crippen molar-refractivity contribution < 1.29 is 9.90 Å². The van der Waals surface area contributed by atoms with Crippen LogP contribution < -0.4 is 0 Å². The van der Waals surface area contributed by atoms with Gasteiger partial charge in [0.15, 0.2) is 0 Å². The third-order valence-electron chi connectivity index (χ3n) is 3.08. The summed E-state index contributed by atoms with van der Waals surface area (Å²) < 4.78 is 2.03. The van der Waals surface area contributed by atoms with E-state index in [1.165, 1.54) is 0 Å². The second-order valence-corrected chi connectivity index (χ2v) is 4.96.